The molecule has 0 radical (unpaired) electrons. The van der Waals surface area contributed by atoms with Gasteiger partial charge in [0.25, 0.3) is 0 Å². The van der Waals surface area contributed by atoms with Gasteiger partial charge >= 0.3 is 5.97 Å². The molecule has 0 heterocycles. The van der Waals surface area contributed by atoms with Crippen molar-refractivity contribution in [1.82, 2.24) is 4.90 Å². The minimum absolute atomic E-state index is 0.0487. The molecule has 0 spiro atoms. The van der Waals surface area contributed by atoms with Crippen LogP contribution in [0.15, 0.2) is 0 Å². The van der Waals surface area contributed by atoms with Crippen molar-refractivity contribution < 1.29 is 14.3 Å². The highest BCUT2D eigenvalue weighted by molar-refractivity contribution is 5.71. The number of carbonyl (C=O) groups is 1. The predicted molar refractivity (Wildman–Crippen MR) is 57.7 cm³/mol. The topological polar surface area (TPSA) is 38.8 Å². The van der Waals surface area contributed by atoms with E-state index in [1.165, 1.54) is 0 Å². The molecule has 0 aliphatic heterocycles. The first-order valence-corrected chi connectivity index (χ1v) is 5.40. The predicted octanol–water partition coefficient (Wildman–Crippen LogP) is 1.05. The molecule has 0 aromatic heterocycles. The molecular weight excluding hydrogens is 194 g/mol. The van der Waals surface area contributed by atoms with Gasteiger partial charge in [-0.15, -0.1) is 0 Å². The van der Waals surface area contributed by atoms with Crippen LogP contribution in [0.3, 0.4) is 0 Å². The lowest BCUT2D eigenvalue weighted by atomic mass is 9.71. The lowest BCUT2D eigenvalue weighted by Gasteiger charge is -2.50. The van der Waals surface area contributed by atoms with Crippen LogP contribution >= 0.6 is 0 Å². The van der Waals surface area contributed by atoms with Crippen molar-refractivity contribution in [2.45, 2.75) is 37.8 Å². The van der Waals surface area contributed by atoms with Gasteiger partial charge in [0.1, 0.15) is 0 Å². The van der Waals surface area contributed by atoms with Crippen molar-refractivity contribution >= 4 is 5.97 Å². The van der Waals surface area contributed by atoms with Crippen molar-refractivity contribution in [3.05, 3.63) is 0 Å². The van der Waals surface area contributed by atoms with Gasteiger partial charge in [0.15, 0.2) is 0 Å². The molecule has 0 aromatic carbocycles. The van der Waals surface area contributed by atoms with Crippen molar-refractivity contribution in [1.29, 1.82) is 0 Å². The minimum atomic E-state index is -0.110. The van der Waals surface area contributed by atoms with Gasteiger partial charge < -0.3 is 14.4 Å². The molecule has 0 N–H and O–H groups in total. The maximum Gasteiger partial charge on any atom is 0.307 e. The minimum Gasteiger partial charge on any atom is -0.466 e. The summed E-state index contributed by atoms with van der Waals surface area (Å²) in [4.78, 5) is 13.6. The summed E-state index contributed by atoms with van der Waals surface area (Å²) in [5, 5.41) is 0. The standard InChI is InChI=1S/C11H21NO3/c1-5-15-10(13)8-11(12(2)3)6-9(7-11)14-4/h9H,5-8H2,1-4H3. The van der Waals surface area contributed by atoms with E-state index in [0.717, 1.165) is 12.8 Å². The van der Waals surface area contributed by atoms with Crippen LogP contribution in [0, 0.1) is 0 Å². The molecule has 1 saturated carbocycles. The zero-order valence-electron chi connectivity index (χ0n) is 10.1. The smallest absolute Gasteiger partial charge is 0.307 e. The maximum atomic E-state index is 11.5. The third-order valence-electron chi connectivity index (χ3n) is 3.28. The number of hydrogen-bond acceptors (Lipinski definition) is 4. The molecule has 0 bridgehead atoms. The maximum absolute atomic E-state index is 11.5. The third kappa shape index (κ3) is 2.69. The van der Waals surface area contributed by atoms with Gasteiger partial charge in [-0.2, -0.15) is 0 Å². The van der Waals surface area contributed by atoms with E-state index in [1.807, 2.05) is 21.0 Å². The average molecular weight is 215 g/mol. The summed E-state index contributed by atoms with van der Waals surface area (Å²) in [6, 6.07) is 0. The Morgan fingerprint density at radius 2 is 2.07 bits per heavy atom. The first-order valence-electron chi connectivity index (χ1n) is 5.40. The molecular formula is C11H21NO3. The van der Waals surface area contributed by atoms with E-state index in [0.29, 0.717) is 19.1 Å². The molecule has 0 amide bonds. The van der Waals surface area contributed by atoms with E-state index in [-0.39, 0.29) is 11.5 Å². The van der Waals surface area contributed by atoms with Crippen LogP contribution in [0.2, 0.25) is 0 Å². The number of carbonyl (C=O) groups excluding carboxylic acids is 1. The van der Waals surface area contributed by atoms with Gasteiger partial charge in [-0.25, -0.2) is 0 Å². The molecule has 1 fully saturated rings. The lowest BCUT2D eigenvalue weighted by molar-refractivity contribution is -0.152. The Morgan fingerprint density at radius 3 is 2.47 bits per heavy atom. The van der Waals surface area contributed by atoms with Gasteiger partial charge in [0.05, 0.1) is 19.1 Å². The van der Waals surface area contributed by atoms with Crippen LogP contribution in [-0.2, 0) is 14.3 Å². The second-order valence-corrected chi connectivity index (χ2v) is 4.37. The van der Waals surface area contributed by atoms with E-state index in [1.54, 1.807) is 7.11 Å². The monoisotopic (exact) mass is 215 g/mol. The third-order valence-corrected chi connectivity index (χ3v) is 3.28. The van der Waals surface area contributed by atoms with E-state index >= 15 is 0 Å². The second-order valence-electron chi connectivity index (χ2n) is 4.37. The Morgan fingerprint density at radius 1 is 1.47 bits per heavy atom. The summed E-state index contributed by atoms with van der Waals surface area (Å²) < 4.78 is 10.2. The Balaban J connectivity index is 2.50. The average Bonchev–Trinajstić information content (AvgIpc) is 2.10. The van der Waals surface area contributed by atoms with Crippen molar-refractivity contribution in [2.75, 3.05) is 27.8 Å². The fraction of sp³-hybridized carbons (Fsp3) is 0.909. The molecule has 0 atom stereocenters. The molecule has 4 nitrogen and oxygen atoms in total. The quantitative estimate of drug-likeness (QED) is 0.643. The van der Waals surface area contributed by atoms with E-state index in [9.17, 15) is 4.79 Å². The van der Waals surface area contributed by atoms with E-state index in [2.05, 4.69) is 4.90 Å². The van der Waals surface area contributed by atoms with Crippen LogP contribution < -0.4 is 0 Å². The summed E-state index contributed by atoms with van der Waals surface area (Å²) in [6.07, 6.45) is 2.58. The van der Waals surface area contributed by atoms with Gasteiger partial charge in [0, 0.05) is 12.6 Å². The largest absolute Gasteiger partial charge is 0.466 e. The number of esters is 1. The number of nitrogens with zero attached hydrogens (tertiary/aromatic N) is 1. The first-order chi connectivity index (χ1) is 7.04. The Labute approximate surface area is 91.5 Å². The van der Waals surface area contributed by atoms with Gasteiger partial charge in [-0.3, -0.25) is 4.79 Å². The van der Waals surface area contributed by atoms with Crippen molar-refractivity contribution in [3.63, 3.8) is 0 Å². The number of methoxy groups -OCH3 is 1. The van der Waals surface area contributed by atoms with Gasteiger partial charge in [-0.1, -0.05) is 0 Å². The van der Waals surface area contributed by atoms with Crippen molar-refractivity contribution in [2.24, 2.45) is 0 Å². The molecule has 0 aromatic rings. The van der Waals surface area contributed by atoms with Gasteiger partial charge in [-0.05, 0) is 33.9 Å². The lowest BCUT2D eigenvalue weighted by Crippen LogP contribution is -2.58. The fourth-order valence-electron chi connectivity index (χ4n) is 2.10. The molecule has 0 unspecified atom stereocenters. The fourth-order valence-corrected chi connectivity index (χ4v) is 2.10. The molecule has 1 aliphatic carbocycles. The Hall–Kier alpha value is -0.610. The SMILES string of the molecule is CCOC(=O)CC1(N(C)C)CC(OC)C1. The first kappa shape index (κ1) is 12.5. The highest BCUT2D eigenvalue weighted by Crippen LogP contribution is 2.41. The normalized spacial score (nSPS) is 30.1. The van der Waals surface area contributed by atoms with Gasteiger partial charge in [0.2, 0.25) is 0 Å². The van der Waals surface area contributed by atoms with Crippen molar-refractivity contribution in [3.8, 4) is 0 Å². The molecule has 1 rings (SSSR count). The van der Waals surface area contributed by atoms with Crippen LogP contribution in [0.5, 0.6) is 0 Å². The van der Waals surface area contributed by atoms with E-state index in [4.69, 9.17) is 9.47 Å². The molecule has 15 heavy (non-hydrogen) atoms. The summed E-state index contributed by atoms with van der Waals surface area (Å²) in [5.41, 5.74) is -0.0487. The number of ether oxygens (including phenoxy) is 2. The molecule has 88 valence electrons. The summed E-state index contributed by atoms with van der Waals surface area (Å²) >= 11 is 0. The van der Waals surface area contributed by atoms with Crippen LogP contribution in [-0.4, -0.2) is 50.3 Å². The highest BCUT2D eigenvalue weighted by atomic mass is 16.5. The Kier molecular flexibility index (Phi) is 4.11. The van der Waals surface area contributed by atoms with Crippen LogP contribution in [0.25, 0.3) is 0 Å². The Bertz CT molecular complexity index is 222. The summed E-state index contributed by atoms with van der Waals surface area (Å²) in [7, 11) is 5.73. The molecule has 4 heteroatoms. The summed E-state index contributed by atoms with van der Waals surface area (Å²) in [6.45, 7) is 2.29. The zero-order valence-corrected chi connectivity index (χ0v) is 10.1. The van der Waals surface area contributed by atoms with E-state index < -0.39 is 0 Å². The molecule has 0 saturated heterocycles. The summed E-state index contributed by atoms with van der Waals surface area (Å²) in [5.74, 6) is -0.110. The molecule has 1 aliphatic rings. The second kappa shape index (κ2) is 4.94. The van der Waals surface area contributed by atoms with Crippen LogP contribution in [0.1, 0.15) is 26.2 Å². The van der Waals surface area contributed by atoms with Crippen LogP contribution in [0.4, 0.5) is 0 Å². The zero-order chi connectivity index (χ0) is 11.5. The number of rotatable bonds is 5. The number of hydrogen-bond donors (Lipinski definition) is 0. The highest BCUT2D eigenvalue weighted by Gasteiger charge is 2.47.